The fourth-order valence-electron chi connectivity index (χ4n) is 2.67. The van der Waals surface area contributed by atoms with E-state index in [0.29, 0.717) is 12.6 Å². The first kappa shape index (κ1) is 13.7. The van der Waals surface area contributed by atoms with E-state index in [1.165, 1.54) is 25.7 Å². The van der Waals surface area contributed by atoms with E-state index < -0.39 is 0 Å². The van der Waals surface area contributed by atoms with Crippen LogP contribution in [0.25, 0.3) is 0 Å². The molecule has 102 valence electrons. The Morgan fingerprint density at radius 3 is 2.89 bits per heavy atom. The molecule has 1 saturated carbocycles. The third kappa shape index (κ3) is 2.98. The van der Waals surface area contributed by atoms with Crippen LogP contribution >= 0.6 is 11.8 Å². The summed E-state index contributed by atoms with van der Waals surface area (Å²) in [6.45, 7) is 2.64. The van der Waals surface area contributed by atoms with Gasteiger partial charge in [0.05, 0.1) is 0 Å². The van der Waals surface area contributed by atoms with Gasteiger partial charge in [0.15, 0.2) is 5.16 Å². The molecule has 1 aromatic rings. The molecule has 0 aromatic carbocycles. The predicted molar refractivity (Wildman–Crippen MR) is 74.1 cm³/mol. The molecule has 2 N–H and O–H groups in total. The van der Waals surface area contributed by atoms with Crippen LogP contribution in [0.15, 0.2) is 9.95 Å². The minimum absolute atomic E-state index is 0.109. The summed E-state index contributed by atoms with van der Waals surface area (Å²) in [6.07, 6.45) is 5.37. The van der Waals surface area contributed by atoms with E-state index in [4.69, 9.17) is 0 Å². The van der Waals surface area contributed by atoms with Crippen molar-refractivity contribution >= 4 is 11.8 Å². The van der Waals surface area contributed by atoms with E-state index >= 15 is 0 Å². The van der Waals surface area contributed by atoms with E-state index in [9.17, 15) is 4.79 Å². The third-order valence-corrected chi connectivity index (χ3v) is 4.87. The van der Waals surface area contributed by atoms with Crippen LogP contribution in [0.3, 0.4) is 0 Å². The molecule has 0 aliphatic heterocycles. The number of hydrogen-bond acceptors (Lipinski definition) is 4. The van der Waals surface area contributed by atoms with Crippen LogP contribution in [0.2, 0.25) is 0 Å². The zero-order valence-electron chi connectivity index (χ0n) is 11.1. The van der Waals surface area contributed by atoms with E-state index in [-0.39, 0.29) is 5.69 Å². The van der Waals surface area contributed by atoms with Gasteiger partial charge in [-0.3, -0.25) is 4.57 Å². The summed E-state index contributed by atoms with van der Waals surface area (Å²) >= 11 is 1.67. The average molecular weight is 270 g/mol. The highest BCUT2D eigenvalue weighted by Gasteiger charge is 2.24. The molecule has 0 saturated heterocycles. The summed E-state index contributed by atoms with van der Waals surface area (Å²) in [5.41, 5.74) is -0.109. The van der Waals surface area contributed by atoms with Crippen LogP contribution < -0.4 is 11.0 Å². The highest BCUT2D eigenvalue weighted by atomic mass is 32.2. The molecule has 1 aliphatic carbocycles. The maximum atomic E-state index is 11.5. The number of aromatic amines is 1. The second-order valence-electron chi connectivity index (χ2n) is 4.81. The van der Waals surface area contributed by atoms with Gasteiger partial charge in [0.25, 0.3) is 0 Å². The zero-order chi connectivity index (χ0) is 13.0. The molecule has 1 fully saturated rings. The molecule has 6 heteroatoms. The molecule has 2 rings (SSSR count). The van der Waals surface area contributed by atoms with Crippen molar-refractivity contribution in [1.82, 2.24) is 20.1 Å². The second-order valence-corrected chi connectivity index (χ2v) is 5.79. The molecular weight excluding hydrogens is 248 g/mol. The molecule has 0 amide bonds. The summed E-state index contributed by atoms with van der Waals surface area (Å²) in [5, 5.41) is 10.8. The number of hydrogen-bond donors (Lipinski definition) is 2. The monoisotopic (exact) mass is 270 g/mol. The molecule has 5 nitrogen and oxygen atoms in total. The Balaban J connectivity index is 1.94. The lowest BCUT2D eigenvalue weighted by atomic mass is 10.0. The number of nitrogens with zero attached hydrogens (tertiary/aromatic N) is 2. The molecule has 0 bridgehead atoms. The smallest absolute Gasteiger partial charge is 0.316 e. The van der Waals surface area contributed by atoms with Crippen molar-refractivity contribution < 1.29 is 0 Å². The predicted octanol–water partition coefficient (Wildman–Crippen LogP) is 1.46. The molecule has 1 heterocycles. The minimum atomic E-state index is -0.109. The highest BCUT2D eigenvalue weighted by molar-refractivity contribution is 7.99. The van der Waals surface area contributed by atoms with Gasteiger partial charge in [-0.25, -0.2) is 9.89 Å². The molecule has 1 aliphatic rings. The maximum Gasteiger partial charge on any atom is 0.343 e. The van der Waals surface area contributed by atoms with Gasteiger partial charge in [-0.05, 0) is 32.7 Å². The number of nitrogens with one attached hydrogen (secondary N) is 2. The number of aromatic nitrogens is 3. The zero-order valence-corrected chi connectivity index (χ0v) is 11.9. The van der Waals surface area contributed by atoms with Gasteiger partial charge in [-0.1, -0.05) is 24.6 Å². The second kappa shape index (κ2) is 6.43. The van der Waals surface area contributed by atoms with Crippen molar-refractivity contribution in [2.24, 2.45) is 5.92 Å². The van der Waals surface area contributed by atoms with Crippen molar-refractivity contribution in [3.8, 4) is 0 Å². The minimum Gasteiger partial charge on any atom is -0.316 e. The van der Waals surface area contributed by atoms with Gasteiger partial charge in [-0.2, -0.15) is 0 Å². The third-order valence-electron chi connectivity index (χ3n) is 3.77. The van der Waals surface area contributed by atoms with Crippen LogP contribution in [0, 0.1) is 5.92 Å². The Morgan fingerprint density at radius 1 is 1.56 bits per heavy atom. The Labute approximate surface area is 112 Å². The van der Waals surface area contributed by atoms with Gasteiger partial charge >= 0.3 is 5.69 Å². The quantitative estimate of drug-likeness (QED) is 0.768. The van der Waals surface area contributed by atoms with Gasteiger partial charge in [0.1, 0.15) is 0 Å². The van der Waals surface area contributed by atoms with Crippen LogP contribution in [0.5, 0.6) is 0 Å². The van der Waals surface area contributed by atoms with Crippen molar-refractivity contribution in [2.75, 3.05) is 12.8 Å². The molecule has 1 atom stereocenters. The van der Waals surface area contributed by atoms with Crippen LogP contribution in [0.1, 0.15) is 32.6 Å². The van der Waals surface area contributed by atoms with E-state index in [1.54, 1.807) is 16.3 Å². The topological polar surface area (TPSA) is 62.7 Å². The standard InChI is InChI=1S/C12H22N4OS/c1-3-16-11(17)14-15-12(16)18-8-10(13-2)9-6-4-5-7-9/h9-10,13H,3-8H2,1-2H3,(H,14,17). The fraction of sp³-hybridized carbons (Fsp3) is 0.833. The number of rotatable bonds is 6. The highest BCUT2D eigenvalue weighted by Crippen LogP contribution is 2.30. The maximum absolute atomic E-state index is 11.5. The lowest BCUT2D eigenvalue weighted by Crippen LogP contribution is -2.34. The van der Waals surface area contributed by atoms with Crippen LogP contribution in [-0.4, -0.2) is 33.6 Å². The van der Waals surface area contributed by atoms with Crippen molar-refractivity contribution in [3.63, 3.8) is 0 Å². The Kier molecular flexibility index (Phi) is 4.88. The summed E-state index contributed by atoms with van der Waals surface area (Å²) in [5.74, 6) is 1.76. The van der Waals surface area contributed by atoms with Gasteiger partial charge in [-0.15, -0.1) is 5.10 Å². The summed E-state index contributed by atoms with van der Waals surface area (Å²) < 4.78 is 1.69. The SMILES string of the molecule is CCn1c(SCC(NC)C2CCCC2)n[nH]c1=O. The molecular formula is C12H22N4OS. The Bertz CT molecular complexity index is 422. The van der Waals surface area contributed by atoms with Crippen LogP contribution in [-0.2, 0) is 6.54 Å². The van der Waals surface area contributed by atoms with Gasteiger partial charge < -0.3 is 5.32 Å². The summed E-state index contributed by atoms with van der Waals surface area (Å²) in [7, 11) is 2.03. The van der Waals surface area contributed by atoms with Crippen molar-refractivity contribution in [1.29, 1.82) is 0 Å². The molecule has 0 radical (unpaired) electrons. The van der Waals surface area contributed by atoms with E-state index in [0.717, 1.165) is 16.8 Å². The van der Waals surface area contributed by atoms with Gasteiger partial charge in [0, 0.05) is 18.3 Å². The largest absolute Gasteiger partial charge is 0.343 e. The lowest BCUT2D eigenvalue weighted by Gasteiger charge is -2.22. The number of thioether (sulfide) groups is 1. The first-order chi connectivity index (χ1) is 8.76. The molecule has 18 heavy (non-hydrogen) atoms. The van der Waals surface area contributed by atoms with Crippen molar-refractivity contribution in [3.05, 3.63) is 10.5 Å². The Hall–Kier alpha value is -0.750. The van der Waals surface area contributed by atoms with E-state index in [2.05, 4.69) is 15.5 Å². The molecule has 1 aromatic heterocycles. The lowest BCUT2D eigenvalue weighted by molar-refractivity contribution is 0.410. The number of H-pyrrole nitrogens is 1. The molecule has 0 spiro atoms. The molecule has 1 unspecified atom stereocenters. The fourth-order valence-corrected chi connectivity index (χ4v) is 3.92. The van der Waals surface area contributed by atoms with Gasteiger partial charge in [0.2, 0.25) is 0 Å². The van der Waals surface area contributed by atoms with Crippen molar-refractivity contribution in [2.45, 2.75) is 50.4 Å². The first-order valence-corrected chi connectivity index (χ1v) is 7.70. The summed E-state index contributed by atoms with van der Waals surface area (Å²) in [4.78, 5) is 11.5. The first-order valence-electron chi connectivity index (χ1n) is 6.71. The van der Waals surface area contributed by atoms with E-state index in [1.807, 2.05) is 14.0 Å². The summed E-state index contributed by atoms with van der Waals surface area (Å²) in [6, 6.07) is 0.523. The normalized spacial score (nSPS) is 18.3. The van der Waals surface area contributed by atoms with Crippen LogP contribution in [0.4, 0.5) is 0 Å². The Morgan fingerprint density at radius 2 is 2.28 bits per heavy atom. The average Bonchev–Trinajstić information content (AvgIpc) is 3.00.